The van der Waals surface area contributed by atoms with Gasteiger partial charge in [-0.2, -0.15) is 5.10 Å². The lowest BCUT2D eigenvalue weighted by molar-refractivity contribution is 0.0398. The van der Waals surface area contributed by atoms with Crippen molar-refractivity contribution in [3.05, 3.63) is 65.9 Å². The molecule has 168 valence electrons. The molecule has 1 aliphatic rings. The van der Waals surface area contributed by atoms with Gasteiger partial charge in [0.2, 0.25) is 5.78 Å². The zero-order valence-electron chi connectivity index (χ0n) is 18.1. The van der Waals surface area contributed by atoms with Crippen LogP contribution in [0.15, 0.2) is 48.9 Å². The van der Waals surface area contributed by atoms with Gasteiger partial charge in [-0.05, 0) is 18.2 Å². The van der Waals surface area contributed by atoms with Crippen LogP contribution in [0.2, 0.25) is 0 Å². The molecule has 1 fully saturated rings. The summed E-state index contributed by atoms with van der Waals surface area (Å²) in [4.78, 5) is 36.2. The maximum atomic E-state index is 13.2. The third-order valence-corrected chi connectivity index (χ3v) is 5.65. The number of nitrogens with zero attached hydrogens (tertiary/aromatic N) is 6. The molecule has 1 saturated heterocycles. The molecule has 3 aromatic heterocycles. The molecule has 0 radical (unpaired) electrons. The van der Waals surface area contributed by atoms with Crippen LogP contribution < -0.4 is 4.74 Å². The summed E-state index contributed by atoms with van der Waals surface area (Å²) in [5, 5.41) is 4.07. The molecular weight excluding hydrogens is 427 g/mol. The Labute approximate surface area is 188 Å². The summed E-state index contributed by atoms with van der Waals surface area (Å²) in [6, 6.07) is 9.30. The predicted octanol–water partition coefficient (Wildman–Crippen LogP) is 2.36. The minimum Gasteiger partial charge on any atom is -0.497 e. The molecule has 9 nitrogen and oxygen atoms in total. The maximum Gasteiger partial charge on any atom is 0.258 e. The SMILES string of the molecule is COc1cccc(-c2cn3ccc(CC(=O)c4c(C(=O)N5CC(F)C5)cnn4C)nc3n2)c1. The number of rotatable bonds is 6. The van der Waals surface area contributed by atoms with Crippen molar-refractivity contribution in [2.24, 2.45) is 7.05 Å². The molecule has 0 aliphatic carbocycles. The summed E-state index contributed by atoms with van der Waals surface area (Å²) >= 11 is 0. The Morgan fingerprint density at radius 2 is 2.03 bits per heavy atom. The first kappa shape index (κ1) is 20.8. The van der Waals surface area contributed by atoms with Crippen molar-refractivity contribution < 1.29 is 18.7 Å². The zero-order chi connectivity index (χ0) is 23.1. The van der Waals surface area contributed by atoms with Crippen LogP contribution in [-0.4, -0.2) is 67.1 Å². The number of halogens is 1. The van der Waals surface area contributed by atoms with Crippen LogP contribution in [0.5, 0.6) is 5.75 Å². The van der Waals surface area contributed by atoms with E-state index in [-0.39, 0.29) is 42.5 Å². The number of aromatic nitrogens is 5. The second-order valence-electron chi connectivity index (χ2n) is 7.92. The second-order valence-corrected chi connectivity index (χ2v) is 7.92. The number of likely N-dealkylation sites (tertiary alicyclic amines) is 1. The zero-order valence-corrected chi connectivity index (χ0v) is 18.1. The number of hydrogen-bond acceptors (Lipinski definition) is 6. The Kier molecular flexibility index (Phi) is 5.12. The van der Waals surface area contributed by atoms with Gasteiger partial charge in [0, 0.05) is 25.0 Å². The largest absolute Gasteiger partial charge is 0.497 e. The van der Waals surface area contributed by atoms with Gasteiger partial charge in [-0.15, -0.1) is 0 Å². The summed E-state index contributed by atoms with van der Waals surface area (Å²) in [5.74, 6) is 0.492. The number of methoxy groups -OCH3 is 1. The predicted molar refractivity (Wildman–Crippen MR) is 117 cm³/mol. The number of ether oxygens (including phenoxy) is 1. The van der Waals surface area contributed by atoms with Gasteiger partial charge in [-0.25, -0.2) is 14.4 Å². The molecule has 0 saturated carbocycles. The number of carbonyl (C=O) groups is 2. The van der Waals surface area contributed by atoms with Crippen molar-refractivity contribution in [1.29, 1.82) is 0 Å². The smallest absolute Gasteiger partial charge is 0.258 e. The number of hydrogen-bond donors (Lipinski definition) is 0. The lowest BCUT2D eigenvalue weighted by Crippen LogP contribution is -2.51. The third-order valence-electron chi connectivity index (χ3n) is 5.65. The molecule has 1 aliphatic heterocycles. The van der Waals surface area contributed by atoms with E-state index in [0.717, 1.165) is 17.0 Å². The summed E-state index contributed by atoms with van der Waals surface area (Å²) in [6.07, 6.45) is 3.96. The first-order chi connectivity index (χ1) is 15.9. The van der Waals surface area contributed by atoms with Crippen molar-refractivity contribution in [2.45, 2.75) is 12.6 Å². The van der Waals surface area contributed by atoms with Crippen LogP contribution in [0.3, 0.4) is 0 Å². The number of aryl methyl sites for hydroxylation is 1. The van der Waals surface area contributed by atoms with E-state index in [1.54, 1.807) is 30.8 Å². The average molecular weight is 448 g/mol. The van der Waals surface area contributed by atoms with E-state index >= 15 is 0 Å². The van der Waals surface area contributed by atoms with E-state index < -0.39 is 6.17 Å². The van der Waals surface area contributed by atoms with Gasteiger partial charge in [0.25, 0.3) is 5.91 Å². The van der Waals surface area contributed by atoms with Gasteiger partial charge in [0.1, 0.15) is 17.6 Å². The van der Waals surface area contributed by atoms with Gasteiger partial charge in [-0.1, -0.05) is 12.1 Å². The number of imidazole rings is 1. The van der Waals surface area contributed by atoms with E-state index in [1.165, 1.54) is 15.8 Å². The Balaban J connectivity index is 1.39. The van der Waals surface area contributed by atoms with Crippen molar-refractivity contribution in [2.75, 3.05) is 20.2 Å². The fourth-order valence-electron chi connectivity index (χ4n) is 3.86. The molecule has 1 amide bonds. The number of ketones is 1. The third kappa shape index (κ3) is 3.84. The summed E-state index contributed by atoms with van der Waals surface area (Å²) in [7, 11) is 3.21. The van der Waals surface area contributed by atoms with E-state index in [0.29, 0.717) is 11.5 Å². The Morgan fingerprint density at radius 1 is 1.21 bits per heavy atom. The van der Waals surface area contributed by atoms with Gasteiger partial charge < -0.3 is 9.64 Å². The number of carbonyl (C=O) groups excluding carboxylic acids is 2. The Morgan fingerprint density at radius 3 is 2.79 bits per heavy atom. The highest BCUT2D eigenvalue weighted by Crippen LogP contribution is 2.24. The van der Waals surface area contributed by atoms with Crippen LogP contribution >= 0.6 is 0 Å². The van der Waals surface area contributed by atoms with Crippen molar-refractivity contribution in [1.82, 2.24) is 29.0 Å². The number of fused-ring (bicyclic) bond motifs is 1. The van der Waals surface area contributed by atoms with Crippen molar-refractivity contribution in [3.63, 3.8) is 0 Å². The molecule has 0 N–H and O–H groups in total. The summed E-state index contributed by atoms with van der Waals surface area (Å²) in [6.45, 7) is 0.0736. The fourth-order valence-corrected chi connectivity index (χ4v) is 3.86. The molecule has 0 bridgehead atoms. The van der Waals surface area contributed by atoms with Crippen LogP contribution in [-0.2, 0) is 13.5 Å². The lowest BCUT2D eigenvalue weighted by Gasteiger charge is -2.34. The van der Waals surface area contributed by atoms with Crippen LogP contribution in [0.25, 0.3) is 17.0 Å². The lowest BCUT2D eigenvalue weighted by atomic mass is 10.1. The molecule has 0 spiro atoms. The van der Waals surface area contributed by atoms with E-state index in [9.17, 15) is 14.0 Å². The summed E-state index contributed by atoms with van der Waals surface area (Å²) in [5.41, 5.74) is 2.49. The van der Waals surface area contributed by atoms with Gasteiger partial charge in [-0.3, -0.25) is 18.7 Å². The highest BCUT2D eigenvalue weighted by Gasteiger charge is 2.34. The molecule has 4 aromatic rings. The van der Waals surface area contributed by atoms with Crippen LogP contribution in [0, 0.1) is 0 Å². The molecule has 1 aromatic carbocycles. The topological polar surface area (TPSA) is 94.6 Å². The first-order valence-electron chi connectivity index (χ1n) is 10.4. The minimum atomic E-state index is -1.02. The Bertz CT molecular complexity index is 1370. The number of benzene rings is 1. The van der Waals surface area contributed by atoms with E-state index in [1.807, 2.05) is 30.5 Å². The molecule has 0 unspecified atom stereocenters. The quantitative estimate of drug-likeness (QED) is 0.421. The fraction of sp³-hybridized carbons (Fsp3) is 0.261. The van der Waals surface area contributed by atoms with E-state index in [2.05, 4.69) is 15.1 Å². The van der Waals surface area contributed by atoms with Crippen molar-refractivity contribution >= 4 is 17.5 Å². The minimum absolute atomic E-state index is 0.0244. The Hall–Kier alpha value is -4.08. The molecule has 0 atom stereocenters. The first-order valence-corrected chi connectivity index (χ1v) is 10.4. The molecular formula is C23H21FN6O3. The van der Waals surface area contributed by atoms with Crippen molar-refractivity contribution in [3.8, 4) is 17.0 Å². The highest BCUT2D eigenvalue weighted by atomic mass is 19.1. The second kappa shape index (κ2) is 8.12. The normalized spacial score (nSPS) is 13.8. The van der Waals surface area contributed by atoms with E-state index in [4.69, 9.17) is 4.74 Å². The summed E-state index contributed by atoms with van der Waals surface area (Å²) < 4.78 is 21.6. The molecule has 33 heavy (non-hydrogen) atoms. The number of amides is 1. The van der Waals surface area contributed by atoms with Gasteiger partial charge in [0.15, 0.2) is 5.78 Å². The highest BCUT2D eigenvalue weighted by molar-refractivity contribution is 6.07. The standard InChI is InChI=1S/C23H21FN6O3/c1-28-21(18(10-25-28)22(32)30-11-15(24)12-30)20(31)9-16-6-7-29-13-19(27-23(29)26-16)14-4-3-5-17(8-14)33-2/h3-8,10,13,15H,9,11-12H2,1-2H3. The molecule has 10 heteroatoms. The van der Waals surface area contributed by atoms with Gasteiger partial charge in [0.05, 0.1) is 49.8 Å². The van der Waals surface area contributed by atoms with Crippen LogP contribution in [0.1, 0.15) is 26.5 Å². The number of alkyl halides is 1. The van der Waals surface area contributed by atoms with Crippen LogP contribution in [0.4, 0.5) is 4.39 Å². The average Bonchev–Trinajstić information content (AvgIpc) is 3.39. The molecule has 5 rings (SSSR count). The monoisotopic (exact) mass is 448 g/mol. The maximum absolute atomic E-state index is 13.2. The number of Topliss-reactive ketones (excluding diaryl/α,β-unsaturated/α-hetero) is 1. The van der Waals surface area contributed by atoms with Gasteiger partial charge >= 0.3 is 0 Å². The molecule has 4 heterocycles.